The fraction of sp³-hybridized carbons (Fsp3) is 0.368. The monoisotopic (exact) mass is 342 g/mol. The molecule has 0 saturated heterocycles. The molecule has 0 spiro atoms. The van der Waals surface area contributed by atoms with Crippen LogP contribution in [-0.4, -0.2) is 37.4 Å². The molecule has 1 aromatic rings. The molecule has 1 aliphatic heterocycles. The first-order chi connectivity index (χ1) is 12.0. The summed E-state index contributed by atoms with van der Waals surface area (Å²) in [6, 6.07) is 5.30. The van der Waals surface area contributed by atoms with E-state index in [-0.39, 0.29) is 24.2 Å². The first-order valence-corrected chi connectivity index (χ1v) is 8.20. The van der Waals surface area contributed by atoms with E-state index in [0.717, 1.165) is 11.1 Å². The molecule has 1 unspecified atom stereocenters. The lowest BCUT2D eigenvalue weighted by molar-refractivity contribution is -0.121. The van der Waals surface area contributed by atoms with Crippen molar-refractivity contribution in [2.45, 2.75) is 18.9 Å². The molecule has 0 aromatic heterocycles. The Morgan fingerprint density at radius 3 is 2.72 bits per heavy atom. The van der Waals surface area contributed by atoms with Crippen LogP contribution >= 0.6 is 0 Å². The van der Waals surface area contributed by atoms with E-state index in [1.807, 2.05) is 41.5 Å². The number of benzene rings is 1. The fourth-order valence-corrected chi connectivity index (χ4v) is 3.45. The first-order valence-electron chi connectivity index (χ1n) is 8.20. The van der Waals surface area contributed by atoms with Crippen LogP contribution in [0.15, 0.2) is 42.1 Å². The van der Waals surface area contributed by atoms with Crippen molar-refractivity contribution in [3.8, 4) is 11.5 Å². The van der Waals surface area contributed by atoms with Gasteiger partial charge in [0, 0.05) is 19.2 Å². The van der Waals surface area contributed by atoms with Crippen LogP contribution in [0.4, 0.5) is 0 Å². The van der Waals surface area contributed by atoms with Crippen molar-refractivity contribution in [3.63, 3.8) is 0 Å². The van der Waals surface area contributed by atoms with Gasteiger partial charge in [-0.05, 0) is 23.3 Å². The lowest BCUT2D eigenvalue weighted by Gasteiger charge is -2.29. The maximum Gasteiger partial charge on any atom is 0.219 e. The molecule has 1 heterocycles. The molecule has 0 fully saturated rings. The van der Waals surface area contributed by atoms with Crippen molar-refractivity contribution in [2.75, 3.05) is 20.8 Å². The van der Waals surface area contributed by atoms with Crippen LogP contribution < -0.4 is 15.2 Å². The van der Waals surface area contributed by atoms with Crippen molar-refractivity contribution < 1.29 is 19.1 Å². The van der Waals surface area contributed by atoms with Gasteiger partial charge in [0.25, 0.3) is 0 Å². The second-order valence-corrected chi connectivity index (χ2v) is 6.25. The van der Waals surface area contributed by atoms with E-state index in [4.69, 9.17) is 15.2 Å². The van der Waals surface area contributed by atoms with Crippen LogP contribution in [0.2, 0.25) is 0 Å². The van der Waals surface area contributed by atoms with Crippen molar-refractivity contribution in [1.82, 2.24) is 4.90 Å². The van der Waals surface area contributed by atoms with Crippen molar-refractivity contribution in [3.05, 3.63) is 47.7 Å². The largest absolute Gasteiger partial charge is 0.493 e. The molecule has 2 atom stereocenters. The first kappa shape index (κ1) is 17.1. The predicted octanol–water partition coefficient (Wildman–Crippen LogP) is 1.97. The van der Waals surface area contributed by atoms with E-state index in [9.17, 15) is 9.59 Å². The molecular weight excluding hydrogens is 320 g/mol. The quantitative estimate of drug-likeness (QED) is 0.855. The number of ether oxygens (including phenoxy) is 2. The van der Waals surface area contributed by atoms with E-state index in [0.29, 0.717) is 24.5 Å². The molecule has 6 nitrogen and oxygen atoms in total. The Labute approximate surface area is 146 Å². The zero-order chi connectivity index (χ0) is 18.0. The van der Waals surface area contributed by atoms with Gasteiger partial charge in [0.1, 0.15) is 5.78 Å². The van der Waals surface area contributed by atoms with Gasteiger partial charge in [0.2, 0.25) is 5.91 Å². The summed E-state index contributed by atoms with van der Waals surface area (Å²) in [7, 11) is 3.15. The van der Waals surface area contributed by atoms with Gasteiger partial charge in [-0.15, -0.1) is 0 Å². The van der Waals surface area contributed by atoms with Gasteiger partial charge in [-0.25, -0.2) is 0 Å². The van der Waals surface area contributed by atoms with Crippen LogP contribution in [0, 0.1) is 5.92 Å². The highest BCUT2D eigenvalue weighted by Crippen LogP contribution is 2.38. The Morgan fingerprint density at radius 1 is 1.32 bits per heavy atom. The average molecular weight is 342 g/mol. The highest BCUT2D eigenvalue weighted by atomic mass is 16.5. The SMILES string of the molecule is COc1ccc([C@@H](CC(N)=O)N2C=C3C=CCC(=O)C3C2)cc1OC. The van der Waals surface area contributed by atoms with Crippen LogP contribution in [0.5, 0.6) is 11.5 Å². The number of hydrogen-bond acceptors (Lipinski definition) is 5. The summed E-state index contributed by atoms with van der Waals surface area (Å²) in [5.41, 5.74) is 7.36. The van der Waals surface area contributed by atoms with Crippen LogP contribution in [0.3, 0.4) is 0 Å². The Balaban J connectivity index is 1.94. The molecule has 1 aliphatic carbocycles. The predicted molar refractivity (Wildman–Crippen MR) is 93.1 cm³/mol. The fourth-order valence-electron chi connectivity index (χ4n) is 3.45. The number of nitrogens with two attached hydrogens (primary N) is 1. The molecule has 1 aromatic carbocycles. The molecule has 2 N–H and O–H groups in total. The minimum Gasteiger partial charge on any atom is -0.493 e. The number of allylic oxidation sites excluding steroid dienone is 2. The molecule has 0 saturated carbocycles. The summed E-state index contributed by atoms with van der Waals surface area (Å²) in [5, 5.41) is 0. The summed E-state index contributed by atoms with van der Waals surface area (Å²) in [5.74, 6) is 0.905. The number of amides is 1. The maximum absolute atomic E-state index is 12.1. The number of methoxy groups -OCH3 is 2. The summed E-state index contributed by atoms with van der Waals surface area (Å²) in [6.45, 7) is 0.560. The lowest BCUT2D eigenvalue weighted by atomic mass is 9.90. The van der Waals surface area contributed by atoms with E-state index >= 15 is 0 Å². The van der Waals surface area contributed by atoms with Gasteiger partial charge in [0.05, 0.1) is 32.6 Å². The van der Waals surface area contributed by atoms with Gasteiger partial charge in [0.15, 0.2) is 11.5 Å². The van der Waals surface area contributed by atoms with E-state index in [2.05, 4.69) is 0 Å². The van der Waals surface area contributed by atoms with Gasteiger partial charge < -0.3 is 20.1 Å². The van der Waals surface area contributed by atoms with Crippen molar-refractivity contribution >= 4 is 11.7 Å². The summed E-state index contributed by atoms with van der Waals surface area (Å²) >= 11 is 0. The third-order valence-corrected chi connectivity index (χ3v) is 4.72. The summed E-state index contributed by atoms with van der Waals surface area (Å²) in [4.78, 5) is 25.8. The molecular formula is C19H22N2O4. The third-order valence-electron chi connectivity index (χ3n) is 4.72. The van der Waals surface area contributed by atoms with E-state index in [1.54, 1.807) is 14.2 Å². The van der Waals surface area contributed by atoms with E-state index in [1.165, 1.54) is 0 Å². The Kier molecular flexibility index (Phi) is 4.79. The molecule has 0 bridgehead atoms. The number of Topliss-reactive ketones (excluding diaryl/α,β-unsaturated/α-hetero) is 1. The molecule has 0 radical (unpaired) electrons. The highest BCUT2D eigenvalue weighted by Gasteiger charge is 2.34. The molecule has 6 heteroatoms. The lowest BCUT2D eigenvalue weighted by Crippen LogP contribution is -2.30. The number of ketones is 1. The smallest absolute Gasteiger partial charge is 0.219 e. The van der Waals surface area contributed by atoms with E-state index < -0.39 is 5.91 Å². The number of hydrogen-bond donors (Lipinski definition) is 1. The topological polar surface area (TPSA) is 81.9 Å². The standard InChI is InChI=1S/C19H22N2O4/c1-24-17-7-6-12(8-18(17)25-2)15(9-19(20)23)21-10-13-4-3-5-16(22)14(13)11-21/h3-4,6-8,10,14-15H,5,9,11H2,1-2H3,(H2,20,23)/t14?,15-/m1/s1. The van der Waals surface area contributed by atoms with Crippen LogP contribution in [-0.2, 0) is 9.59 Å². The summed E-state index contributed by atoms with van der Waals surface area (Å²) < 4.78 is 10.6. The second-order valence-electron chi connectivity index (χ2n) is 6.25. The average Bonchev–Trinajstić information content (AvgIpc) is 3.04. The minimum atomic E-state index is -0.394. The van der Waals surface area contributed by atoms with Crippen LogP contribution in [0.1, 0.15) is 24.4 Å². The molecule has 2 aliphatic rings. The number of primary amides is 1. The number of rotatable bonds is 6. The number of nitrogens with zero attached hydrogens (tertiary/aromatic N) is 1. The maximum atomic E-state index is 12.1. The van der Waals surface area contributed by atoms with Gasteiger partial charge in [-0.2, -0.15) is 0 Å². The highest BCUT2D eigenvalue weighted by molar-refractivity contribution is 5.88. The summed E-state index contributed by atoms with van der Waals surface area (Å²) in [6.07, 6.45) is 6.45. The Hall–Kier alpha value is -2.76. The molecule has 3 rings (SSSR count). The third kappa shape index (κ3) is 3.38. The van der Waals surface area contributed by atoms with Gasteiger partial charge in [-0.3, -0.25) is 9.59 Å². The molecule has 25 heavy (non-hydrogen) atoms. The Bertz CT molecular complexity index is 754. The number of carbonyl (C=O) groups is 2. The minimum absolute atomic E-state index is 0.125. The van der Waals surface area contributed by atoms with Crippen LogP contribution in [0.25, 0.3) is 0 Å². The zero-order valence-corrected chi connectivity index (χ0v) is 14.4. The number of fused-ring (bicyclic) bond motifs is 1. The molecule has 132 valence electrons. The Morgan fingerprint density at radius 2 is 2.08 bits per heavy atom. The molecule has 1 amide bonds. The zero-order valence-electron chi connectivity index (χ0n) is 14.4. The van der Waals surface area contributed by atoms with Gasteiger partial charge >= 0.3 is 0 Å². The van der Waals surface area contributed by atoms with Crippen molar-refractivity contribution in [2.24, 2.45) is 11.7 Å². The second kappa shape index (κ2) is 7.01. The van der Waals surface area contributed by atoms with Gasteiger partial charge in [-0.1, -0.05) is 18.2 Å². The van der Waals surface area contributed by atoms with Crippen molar-refractivity contribution in [1.29, 1.82) is 0 Å². The normalized spacial score (nSPS) is 20.1. The number of carbonyl (C=O) groups excluding carboxylic acids is 2.